The topological polar surface area (TPSA) is 33.2 Å². The Balaban J connectivity index is 2.21. The molecule has 0 bridgehead atoms. The van der Waals surface area contributed by atoms with E-state index in [1.165, 1.54) is 11.3 Å². The van der Waals surface area contributed by atoms with Crippen LogP contribution in [0.3, 0.4) is 0 Å². The van der Waals surface area contributed by atoms with Crippen LogP contribution in [-0.4, -0.2) is 30.0 Å². The molecule has 1 aromatic heterocycles. The van der Waals surface area contributed by atoms with Crippen molar-refractivity contribution in [2.75, 3.05) is 18.0 Å². The van der Waals surface area contributed by atoms with Crippen LogP contribution in [-0.2, 0) is 0 Å². The summed E-state index contributed by atoms with van der Waals surface area (Å²) in [6.45, 7) is 6.74. The van der Waals surface area contributed by atoms with Gasteiger partial charge in [0, 0.05) is 17.3 Å². The molecule has 5 heteroatoms. The largest absolute Gasteiger partial charge is 0.345 e. The molecule has 0 unspecified atom stereocenters. The van der Waals surface area contributed by atoms with Gasteiger partial charge in [-0.25, -0.2) is 9.37 Å². The van der Waals surface area contributed by atoms with Gasteiger partial charge in [0.15, 0.2) is 10.9 Å². The molecule has 2 rings (SSSR count). The van der Waals surface area contributed by atoms with Crippen LogP contribution in [0.5, 0.6) is 0 Å². The molecule has 1 aromatic rings. The average molecular weight is 256 g/mol. The summed E-state index contributed by atoms with van der Waals surface area (Å²) in [6.07, 6.45) is -0.199. The maximum Gasteiger partial charge on any atom is 0.186 e. The minimum Gasteiger partial charge on any atom is -0.345 e. The lowest BCUT2D eigenvalue weighted by atomic mass is 10.1. The molecular formula is C12H17FN2OS. The summed E-state index contributed by atoms with van der Waals surface area (Å²) in [5.74, 6) is 0.0251. The summed E-state index contributed by atoms with van der Waals surface area (Å²) in [5, 5.41) is 0.784. The van der Waals surface area contributed by atoms with Gasteiger partial charge in [0.1, 0.15) is 11.9 Å². The lowest BCUT2D eigenvalue weighted by Crippen LogP contribution is -2.20. The molecule has 1 saturated heterocycles. The highest BCUT2D eigenvalue weighted by molar-refractivity contribution is 7.15. The van der Waals surface area contributed by atoms with E-state index in [1.54, 1.807) is 0 Å². The minimum absolute atomic E-state index is 0.0452. The molecule has 0 aliphatic carbocycles. The second-order valence-corrected chi connectivity index (χ2v) is 5.93. The van der Waals surface area contributed by atoms with Crippen LogP contribution in [0.4, 0.5) is 9.52 Å². The Morgan fingerprint density at radius 1 is 1.59 bits per heavy atom. The predicted molar refractivity (Wildman–Crippen MR) is 67.7 cm³/mol. The summed E-state index contributed by atoms with van der Waals surface area (Å²) < 4.78 is 13.1. The first-order chi connectivity index (χ1) is 7.99. The van der Waals surface area contributed by atoms with E-state index < -0.39 is 6.17 Å². The molecule has 94 valence electrons. The van der Waals surface area contributed by atoms with Gasteiger partial charge in [-0.05, 0) is 13.3 Å². The van der Waals surface area contributed by atoms with Crippen molar-refractivity contribution in [3.63, 3.8) is 0 Å². The standard InChI is InChI=1S/C12H17FN2OS/c1-7(2)11(16)10-8(3)17-12(14-10)15-5-4-9(13)6-15/h7,9H,4-6H2,1-3H3/t9-/m0/s1. The summed E-state index contributed by atoms with van der Waals surface area (Å²) in [7, 11) is 0. The summed E-state index contributed by atoms with van der Waals surface area (Å²) in [4.78, 5) is 19.1. The third kappa shape index (κ3) is 2.49. The first kappa shape index (κ1) is 12.5. The van der Waals surface area contributed by atoms with Gasteiger partial charge in [-0.3, -0.25) is 4.79 Å². The predicted octanol–water partition coefficient (Wildman–Crippen LogP) is 2.84. The Morgan fingerprint density at radius 2 is 2.29 bits per heavy atom. The molecule has 3 nitrogen and oxygen atoms in total. The summed E-state index contributed by atoms with van der Waals surface area (Å²) >= 11 is 1.49. The first-order valence-corrected chi connectivity index (χ1v) is 6.71. The fraction of sp³-hybridized carbons (Fsp3) is 0.667. The number of carbonyl (C=O) groups is 1. The number of ketones is 1. The molecule has 1 atom stereocenters. The number of rotatable bonds is 3. The van der Waals surface area contributed by atoms with Gasteiger partial charge in [-0.1, -0.05) is 13.8 Å². The lowest BCUT2D eigenvalue weighted by Gasteiger charge is -2.12. The van der Waals surface area contributed by atoms with Crippen LogP contribution in [0.1, 0.15) is 35.6 Å². The molecule has 17 heavy (non-hydrogen) atoms. The number of thiazole rings is 1. The van der Waals surface area contributed by atoms with Crippen LogP contribution in [0.2, 0.25) is 0 Å². The van der Waals surface area contributed by atoms with Gasteiger partial charge in [-0.15, -0.1) is 11.3 Å². The van der Waals surface area contributed by atoms with Gasteiger partial charge in [-0.2, -0.15) is 0 Å². The van der Waals surface area contributed by atoms with Crippen molar-refractivity contribution in [1.82, 2.24) is 4.98 Å². The van der Waals surface area contributed by atoms with E-state index in [4.69, 9.17) is 0 Å². The van der Waals surface area contributed by atoms with Crippen molar-refractivity contribution in [3.05, 3.63) is 10.6 Å². The molecule has 1 aliphatic heterocycles. The van der Waals surface area contributed by atoms with Crippen molar-refractivity contribution in [1.29, 1.82) is 0 Å². The molecule has 0 saturated carbocycles. The van der Waals surface area contributed by atoms with E-state index in [0.717, 1.165) is 10.0 Å². The van der Waals surface area contributed by atoms with E-state index >= 15 is 0 Å². The summed E-state index contributed by atoms with van der Waals surface area (Å²) in [6, 6.07) is 0. The first-order valence-electron chi connectivity index (χ1n) is 5.89. The zero-order valence-corrected chi connectivity index (χ0v) is 11.2. The number of nitrogens with zero attached hydrogens (tertiary/aromatic N) is 2. The van der Waals surface area contributed by atoms with Gasteiger partial charge < -0.3 is 4.90 Å². The molecule has 0 radical (unpaired) electrons. The van der Waals surface area contributed by atoms with Gasteiger partial charge in [0.2, 0.25) is 0 Å². The fourth-order valence-corrected chi connectivity index (χ4v) is 2.86. The van der Waals surface area contributed by atoms with Crippen LogP contribution in [0.25, 0.3) is 0 Å². The zero-order valence-electron chi connectivity index (χ0n) is 10.4. The van der Waals surface area contributed by atoms with Crippen molar-refractivity contribution in [2.24, 2.45) is 5.92 Å². The number of anilines is 1. The number of aromatic nitrogens is 1. The van der Waals surface area contributed by atoms with Gasteiger partial charge >= 0.3 is 0 Å². The van der Waals surface area contributed by atoms with Crippen LogP contribution in [0, 0.1) is 12.8 Å². The molecular weight excluding hydrogens is 239 g/mol. The van der Waals surface area contributed by atoms with Crippen LogP contribution < -0.4 is 4.90 Å². The third-order valence-corrected chi connectivity index (χ3v) is 3.98. The van der Waals surface area contributed by atoms with Crippen molar-refractivity contribution >= 4 is 22.3 Å². The second-order valence-electron chi connectivity index (χ2n) is 4.75. The molecule has 1 aliphatic rings. The number of hydrogen-bond donors (Lipinski definition) is 0. The zero-order chi connectivity index (χ0) is 12.6. The van der Waals surface area contributed by atoms with Crippen molar-refractivity contribution < 1.29 is 9.18 Å². The monoisotopic (exact) mass is 256 g/mol. The molecule has 0 spiro atoms. The Hall–Kier alpha value is -0.970. The summed E-state index contributed by atoms with van der Waals surface area (Å²) in [5.41, 5.74) is 0.558. The molecule has 0 aromatic carbocycles. The Labute approximate surface area is 105 Å². The highest BCUT2D eigenvalue weighted by Crippen LogP contribution is 2.30. The maximum atomic E-state index is 13.1. The van der Waals surface area contributed by atoms with Crippen molar-refractivity contribution in [2.45, 2.75) is 33.4 Å². The Bertz CT molecular complexity index is 430. The average Bonchev–Trinajstić information content (AvgIpc) is 2.83. The molecule has 0 N–H and O–H groups in total. The minimum atomic E-state index is -0.761. The van der Waals surface area contributed by atoms with Gasteiger partial charge in [0.25, 0.3) is 0 Å². The molecule has 1 fully saturated rings. The smallest absolute Gasteiger partial charge is 0.186 e. The SMILES string of the molecule is Cc1sc(N2CC[C@H](F)C2)nc1C(=O)C(C)C. The number of hydrogen-bond acceptors (Lipinski definition) is 4. The quantitative estimate of drug-likeness (QED) is 0.780. The van der Waals surface area contributed by atoms with E-state index in [9.17, 15) is 9.18 Å². The molecule has 0 amide bonds. The number of halogens is 1. The second kappa shape index (κ2) is 4.72. The van der Waals surface area contributed by atoms with E-state index in [2.05, 4.69) is 4.98 Å². The van der Waals surface area contributed by atoms with Crippen LogP contribution >= 0.6 is 11.3 Å². The number of Topliss-reactive ketones (excluding diaryl/α,β-unsaturated/α-hetero) is 1. The highest BCUT2D eigenvalue weighted by Gasteiger charge is 2.26. The van der Waals surface area contributed by atoms with Gasteiger partial charge in [0.05, 0.1) is 6.54 Å². The number of carbonyl (C=O) groups excluding carboxylic acids is 1. The van der Waals surface area contributed by atoms with Crippen LogP contribution in [0.15, 0.2) is 0 Å². The number of aryl methyl sites for hydroxylation is 1. The van der Waals surface area contributed by atoms with E-state index in [-0.39, 0.29) is 11.7 Å². The number of alkyl halides is 1. The fourth-order valence-electron chi connectivity index (χ4n) is 1.91. The Morgan fingerprint density at radius 3 is 2.82 bits per heavy atom. The normalized spacial score (nSPS) is 20.3. The lowest BCUT2D eigenvalue weighted by molar-refractivity contribution is 0.0934. The molecule has 2 heterocycles. The Kier molecular flexibility index (Phi) is 3.47. The van der Waals surface area contributed by atoms with E-state index in [1.807, 2.05) is 25.7 Å². The third-order valence-electron chi connectivity index (χ3n) is 2.94. The highest BCUT2D eigenvalue weighted by atomic mass is 32.1. The van der Waals surface area contributed by atoms with Crippen molar-refractivity contribution in [3.8, 4) is 0 Å². The maximum absolute atomic E-state index is 13.1. The van der Waals surface area contributed by atoms with E-state index in [0.29, 0.717) is 25.2 Å².